The first-order chi connectivity index (χ1) is 7.00. The van der Waals surface area contributed by atoms with E-state index in [1.54, 1.807) is 6.07 Å². The lowest BCUT2D eigenvalue weighted by molar-refractivity contribution is -0.157. The van der Waals surface area contributed by atoms with Crippen molar-refractivity contribution in [2.24, 2.45) is 0 Å². The zero-order chi connectivity index (χ0) is 11.3. The van der Waals surface area contributed by atoms with Gasteiger partial charge in [0.15, 0.2) is 5.03 Å². The van der Waals surface area contributed by atoms with Gasteiger partial charge in [-0.1, -0.05) is 6.07 Å². The van der Waals surface area contributed by atoms with Crippen LogP contribution in [0.2, 0.25) is 0 Å². The second-order valence-corrected chi connectivity index (χ2v) is 3.98. The smallest absolute Gasteiger partial charge is 0.312 e. The second-order valence-electron chi connectivity index (χ2n) is 2.61. The summed E-state index contributed by atoms with van der Waals surface area (Å²) in [7, 11) is -4.11. The summed E-state index contributed by atoms with van der Waals surface area (Å²) in [6.45, 7) is 0.638. The van der Waals surface area contributed by atoms with Crippen LogP contribution in [0.4, 0.5) is 0 Å². The Labute approximate surface area is 86.6 Å². The predicted molar refractivity (Wildman–Crippen MR) is 49.6 cm³/mol. The van der Waals surface area contributed by atoms with Crippen LogP contribution in [0.5, 0.6) is 0 Å². The molecule has 1 aromatic rings. The molecule has 2 heterocycles. The normalized spacial score (nSPS) is 14.3. The molecule has 1 aliphatic heterocycles. The molecule has 7 heteroatoms. The Morgan fingerprint density at radius 3 is 2.20 bits per heavy atom. The molecule has 15 heavy (non-hydrogen) atoms. The fourth-order valence-corrected chi connectivity index (χ4v) is 1.13. The maximum Gasteiger partial charge on any atom is 0.312 e. The van der Waals surface area contributed by atoms with Gasteiger partial charge in [0.05, 0.1) is 6.42 Å². The lowest BCUT2D eigenvalue weighted by atomic mass is 10.4. The highest BCUT2D eigenvalue weighted by molar-refractivity contribution is 7.85. The average molecular weight is 231 g/mol. The number of rotatable bonds is 1. The third-order valence-electron chi connectivity index (χ3n) is 1.47. The van der Waals surface area contributed by atoms with Gasteiger partial charge < -0.3 is 4.74 Å². The van der Waals surface area contributed by atoms with Crippen LogP contribution in [-0.2, 0) is 19.6 Å². The molecule has 0 radical (unpaired) electrons. The summed E-state index contributed by atoms with van der Waals surface area (Å²) in [6, 6.07) is 4.26. The van der Waals surface area contributed by atoms with Crippen molar-refractivity contribution in [3.05, 3.63) is 24.4 Å². The van der Waals surface area contributed by atoms with Gasteiger partial charge in [0.25, 0.3) is 0 Å². The van der Waals surface area contributed by atoms with Gasteiger partial charge in [-0.15, -0.1) is 0 Å². The number of aromatic nitrogens is 1. The van der Waals surface area contributed by atoms with Crippen LogP contribution in [-0.4, -0.2) is 30.5 Å². The Morgan fingerprint density at radius 1 is 1.40 bits per heavy atom. The van der Waals surface area contributed by atoms with E-state index in [0.29, 0.717) is 13.0 Å². The van der Waals surface area contributed by atoms with Crippen molar-refractivity contribution in [3.8, 4) is 0 Å². The molecular weight excluding hydrogens is 222 g/mol. The summed E-state index contributed by atoms with van der Waals surface area (Å²) < 4.78 is 33.3. The molecule has 0 unspecified atom stereocenters. The molecular formula is C8H9NO5S. The number of cyclic esters (lactones) is 1. The summed E-state index contributed by atoms with van der Waals surface area (Å²) in [6.07, 6.45) is 1.92. The first-order valence-corrected chi connectivity index (χ1v) is 5.48. The molecule has 0 spiro atoms. The zero-order valence-electron chi connectivity index (χ0n) is 7.66. The van der Waals surface area contributed by atoms with Crippen LogP contribution in [0.3, 0.4) is 0 Å². The first kappa shape index (κ1) is 11.6. The number of carbonyl (C=O) groups excluding carboxylic acids is 1. The monoisotopic (exact) mass is 231 g/mol. The molecule has 0 saturated carbocycles. The maximum absolute atomic E-state index is 10.3. The van der Waals surface area contributed by atoms with Crippen molar-refractivity contribution in [3.63, 3.8) is 0 Å². The largest absolute Gasteiger partial charge is 0.465 e. The average Bonchev–Trinajstić information content (AvgIpc) is 2.16. The minimum atomic E-state index is -4.11. The standard InChI is InChI=1S/C5H5NO3S.C3H4O2/c7-10(8,9)5-3-1-2-4-6-5;4-3-1-2-5-3/h1-4H,(H,7,8,9);1-2H2. The minimum absolute atomic E-state index is 0.0648. The van der Waals surface area contributed by atoms with Gasteiger partial charge in [0, 0.05) is 6.20 Å². The Balaban J connectivity index is 0.000000187. The number of hydrogen-bond acceptors (Lipinski definition) is 5. The number of esters is 1. The number of hydrogen-bond donors (Lipinski definition) is 1. The lowest BCUT2D eigenvalue weighted by Crippen LogP contribution is -2.18. The SMILES string of the molecule is O=C1CCO1.O=S(=O)(O)c1ccccn1. The van der Waals surface area contributed by atoms with Gasteiger partial charge in [0.1, 0.15) is 6.61 Å². The van der Waals surface area contributed by atoms with E-state index in [4.69, 9.17) is 4.55 Å². The molecule has 0 aromatic carbocycles. The highest BCUT2D eigenvalue weighted by Crippen LogP contribution is 2.00. The summed E-state index contributed by atoms with van der Waals surface area (Å²) in [5, 5.41) is -0.324. The quantitative estimate of drug-likeness (QED) is 0.550. The van der Waals surface area contributed by atoms with E-state index in [0.717, 1.165) is 0 Å². The van der Waals surface area contributed by atoms with E-state index < -0.39 is 10.1 Å². The molecule has 1 aromatic heterocycles. The Morgan fingerprint density at radius 2 is 2.00 bits per heavy atom. The summed E-state index contributed by atoms with van der Waals surface area (Å²) in [5.74, 6) is -0.0648. The number of ether oxygens (including phenoxy) is 1. The molecule has 0 aliphatic carbocycles. The summed E-state index contributed by atoms with van der Waals surface area (Å²) >= 11 is 0. The van der Waals surface area contributed by atoms with E-state index in [-0.39, 0.29) is 11.0 Å². The van der Waals surface area contributed by atoms with Crippen molar-refractivity contribution < 1.29 is 22.5 Å². The lowest BCUT2D eigenvalue weighted by Gasteiger charge is -2.09. The predicted octanol–water partition coefficient (Wildman–Crippen LogP) is 0.262. The molecule has 1 fully saturated rings. The van der Waals surface area contributed by atoms with Gasteiger partial charge in [0.2, 0.25) is 0 Å². The number of pyridine rings is 1. The van der Waals surface area contributed by atoms with Gasteiger partial charge >= 0.3 is 16.1 Å². The van der Waals surface area contributed by atoms with Crippen molar-refractivity contribution >= 4 is 16.1 Å². The third kappa shape index (κ3) is 4.05. The molecule has 1 N–H and O–H groups in total. The van der Waals surface area contributed by atoms with E-state index in [2.05, 4.69) is 9.72 Å². The molecule has 0 bridgehead atoms. The zero-order valence-corrected chi connectivity index (χ0v) is 8.48. The molecule has 6 nitrogen and oxygen atoms in total. The maximum atomic E-state index is 10.3. The van der Waals surface area contributed by atoms with Crippen LogP contribution in [0.15, 0.2) is 29.4 Å². The fourth-order valence-electron chi connectivity index (χ4n) is 0.685. The van der Waals surface area contributed by atoms with E-state index >= 15 is 0 Å². The topological polar surface area (TPSA) is 93.6 Å². The van der Waals surface area contributed by atoms with Crippen LogP contribution < -0.4 is 0 Å². The van der Waals surface area contributed by atoms with Crippen molar-refractivity contribution in [2.45, 2.75) is 11.4 Å². The minimum Gasteiger partial charge on any atom is -0.465 e. The molecule has 0 atom stereocenters. The van der Waals surface area contributed by atoms with Gasteiger partial charge in [-0.2, -0.15) is 8.42 Å². The first-order valence-electron chi connectivity index (χ1n) is 4.04. The molecule has 82 valence electrons. The Kier molecular flexibility index (Phi) is 3.75. The summed E-state index contributed by atoms with van der Waals surface area (Å²) in [4.78, 5) is 13.1. The highest BCUT2D eigenvalue weighted by atomic mass is 32.2. The van der Waals surface area contributed by atoms with E-state index in [1.807, 2.05) is 0 Å². The van der Waals surface area contributed by atoms with Gasteiger partial charge in [-0.3, -0.25) is 9.35 Å². The third-order valence-corrected chi connectivity index (χ3v) is 2.24. The van der Waals surface area contributed by atoms with E-state index in [9.17, 15) is 13.2 Å². The van der Waals surface area contributed by atoms with Crippen LogP contribution in [0.25, 0.3) is 0 Å². The van der Waals surface area contributed by atoms with E-state index in [1.165, 1.54) is 18.3 Å². The molecule has 2 rings (SSSR count). The second kappa shape index (κ2) is 4.85. The van der Waals surface area contributed by atoms with Crippen LogP contribution in [0, 0.1) is 0 Å². The molecule has 1 saturated heterocycles. The molecule has 1 aliphatic rings. The van der Waals surface area contributed by atoms with Gasteiger partial charge in [-0.25, -0.2) is 4.98 Å². The van der Waals surface area contributed by atoms with Crippen molar-refractivity contribution in [1.29, 1.82) is 0 Å². The van der Waals surface area contributed by atoms with Gasteiger partial charge in [-0.05, 0) is 12.1 Å². The molecule has 0 amide bonds. The Bertz CT molecular complexity index is 422. The Hall–Kier alpha value is -1.47. The highest BCUT2D eigenvalue weighted by Gasteiger charge is 2.11. The summed E-state index contributed by atoms with van der Waals surface area (Å²) in [5.41, 5.74) is 0. The van der Waals surface area contributed by atoms with Crippen LogP contribution in [0.1, 0.15) is 6.42 Å². The van der Waals surface area contributed by atoms with Crippen molar-refractivity contribution in [2.75, 3.05) is 6.61 Å². The number of carbonyl (C=O) groups is 1. The van der Waals surface area contributed by atoms with Crippen LogP contribution >= 0.6 is 0 Å². The van der Waals surface area contributed by atoms with Crippen molar-refractivity contribution in [1.82, 2.24) is 4.98 Å². The fraction of sp³-hybridized carbons (Fsp3) is 0.250. The number of nitrogens with zero attached hydrogens (tertiary/aromatic N) is 1.